The lowest BCUT2D eigenvalue weighted by atomic mass is 10.2. The van der Waals surface area contributed by atoms with Crippen molar-refractivity contribution in [2.45, 2.75) is 18.5 Å². The van der Waals surface area contributed by atoms with E-state index in [0.717, 1.165) is 0 Å². The number of pyridine rings is 1. The smallest absolute Gasteiger partial charge is 0.333 e. The molecular weight excluding hydrogens is 416 g/mol. The Morgan fingerprint density at radius 2 is 2.00 bits per heavy atom. The molecule has 0 saturated carbocycles. The molecule has 1 aliphatic rings. The molecule has 5 heterocycles. The molecule has 1 aliphatic heterocycles. The molecule has 1 atom stereocenters. The fourth-order valence-electron chi connectivity index (χ4n) is 3.43. The van der Waals surface area contributed by atoms with Gasteiger partial charge in [-0.1, -0.05) is 6.07 Å². The summed E-state index contributed by atoms with van der Waals surface area (Å²) in [6.45, 7) is -3.00. The van der Waals surface area contributed by atoms with E-state index >= 15 is 0 Å². The van der Waals surface area contributed by atoms with Crippen molar-refractivity contribution in [3.63, 3.8) is 0 Å². The van der Waals surface area contributed by atoms with Crippen molar-refractivity contribution in [1.82, 2.24) is 34.7 Å². The molecule has 1 fully saturated rings. The lowest BCUT2D eigenvalue weighted by molar-refractivity contribution is 0.0138. The molecule has 2 N–H and O–H groups in total. The average molecular weight is 432 g/mol. The second-order valence-corrected chi connectivity index (χ2v) is 7.12. The highest BCUT2D eigenvalue weighted by atomic mass is 19.3. The van der Waals surface area contributed by atoms with Gasteiger partial charge in [-0.05, 0) is 24.3 Å². The van der Waals surface area contributed by atoms with Crippen molar-refractivity contribution < 1.29 is 17.6 Å². The molecule has 160 valence electrons. The minimum absolute atomic E-state index is 0.131. The molecule has 1 unspecified atom stereocenters. The highest BCUT2D eigenvalue weighted by Crippen LogP contribution is 2.27. The maximum atomic E-state index is 13.9. The van der Waals surface area contributed by atoms with Crippen LogP contribution in [0.3, 0.4) is 0 Å². The van der Waals surface area contributed by atoms with Crippen LogP contribution < -0.4 is 10.6 Å². The number of alkyl halides is 4. The topological polar surface area (TPSA) is 85.0 Å². The van der Waals surface area contributed by atoms with Gasteiger partial charge in [-0.3, -0.25) is 0 Å². The van der Waals surface area contributed by atoms with Gasteiger partial charge in [0.25, 0.3) is 5.92 Å². The molecule has 0 amide bonds. The Balaban J connectivity index is 1.49. The number of fused-ring (bicyclic) bond motifs is 1. The normalized spacial score (nSPS) is 18.2. The summed E-state index contributed by atoms with van der Waals surface area (Å²) >= 11 is 0. The second kappa shape index (κ2) is 7.30. The number of nitrogens with zero attached hydrogens (tertiary/aromatic N) is 6. The Morgan fingerprint density at radius 1 is 1.13 bits per heavy atom. The summed E-state index contributed by atoms with van der Waals surface area (Å²) in [7, 11) is 0. The minimum atomic E-state index is -2.87. The van der Waals surface area contributed by atoms with Crippen LogP contribution in [0.15, 0.2) is 48.9 Å². The zero-order chi connectivity index (χ0) is 21.6. The summed E-state index contributed by atoms with van der Waals surface area (Å²) < 4.78 is 55.5. The summed E-state index contributed by atoms with van der Waals surface area (Å²) in [5, 5.41) is 13.5. The molecule has 4 aromatic rings. The number of aromatic nitrogens is 6. The second-order valence-electron chi connectivity index (χ2n) is 7.12. The van der Waals surface area contributed by atoms with Gasteiger partial charge in [-0.25, -0.2) is 27.9 Å². The van der Waals surface area contributed by atoms with E-state index in [2.05, 4.69) is 30.8 Å². The zero-order valence-corrected chi connectivity index (χ0v) is 15.9. The summed E-state index contributed by atoms with van der Waals surface area (Å²) in [4.78, 5) is 8.72. The number of halogens is 4. The summed E-state index contributed by atoms with van der Waals surface area (Å²) in [5.74, 6) is -2.57. The lowest BCUT2D eigenvalue weighted by Crippen LogP contribution is -2.38. The Bertz CT molecular complexity index is 1230. The van der Waals surface area contributed by atoms with Crippen molar-refractivity contribution >= 4 is 11.5 Å². The Kier molecular flexibility index (Phi) is 4.58. The van der Waals surface area contributed by atoms with E-state index in [0.29, 0.717) is 38.8 Å². The van der Waals surface area contributed by atoms with Gasteiger partial charge in [-0.2, -0.15) is 19.0 Å². The van der Waals surface area contributed by atoms with Crippen LogP contribution in [0.4, 0.5) is 23.4 Å². The molecule has 0 aliphatic carbocycles. The van der Waals surface area contributed by atoms with Gasteiger partial charge < -0.3 is 10.6 Å². The van der Waals surface area contributed by atoms with Gasteiger partial charge in [0.2, 0.25) is 0 Å². The van der Waals surface area contributed by atoms with E-state index in [1.165, 1.54) is 16.9 Å². The van der Waals surface area contributed by atoms with E-state index < -0.39 is 18.5 Å². The molecule has 5 rings (SSSR count). The Hall–Kier alpha value is -3.54. The third-order valence-corrected chi connectivity index (χ3v) is 5.01. The number of imidazole rings is 1. The van der Waals surface area contributed by atoms with Gasteiger partial charge in [0.1, 0.15) is 17.6 Å². The number of hydrogen-bond donors (Lipinski definition) is 2. The number of hydrogen-bond acceptors (Lipinski definition) is 6. The largest absolute Gasteiger partial charge is 0.360 e. The van der Waals surface area contributed by atoms with Crippen LogP contribution in [0, 0.1) is 0 Å². The van der Waals surface area contributed by atoms with E-state index in [4.69, 9.17) is 0 Å². The van der Waals surface area contributed by atoms with Crippen molar-refractivity contribution in [2.75, 3.05) is 18.4 Å². The van der Waals surface area contributed by atoms with Crippen LogP contribution in [0.1, 0.15) is 6.55 Å². The van der Waals surface area contributed by atoms with Crippen LogP contribution in [0.5, 0.6) is 0 Å². The van der Waals surface area contributed by atoms with Crippen LogP contribution >= 0.6 is 0 Å². The first-order valence-electron chi connectivity index (χ1n) is 9.41. The van der Waals surface area contributed by atoms with E-state index in [1.807, 2.05) is 0 Å². The van der Waals surface area contributed by atoms with Crippen molar-refractivity contribution in [1.29, 1.82) is 0 Å². The lowest BCUT2D eigenvalue weighted by Gasteiger charge is -2.19. The van der Waals surface area contributed by atoms with Crippen LogP contribution in [0.2, 0.25) is 0 Å². The fourth-order valence-corrected chi connectivity index (χ4v) is 3.43. The number of nitrogens with one attached hydrogen (secondary N) is 2. The van der Waals surface area contributed by atoms with Crippen LogP contribution in [0.25, 0.3) is 28.3 Å². The summed E-state index contributed by atoms with van der Waals surface area (Å²) in [5.41, 5.74) is 2.36. The van der Waals surface area contributed by atoms with Crippen molar-refractivity contribution in [3.8, 4) is 22.6 Å². The first-order chi connectivity index (χ1) is 14.9. The quantitative estimate of drug-likeness (QED) is 0.472. The molecule has 12 heteroatoms. The maximum Gasteiger partial charge on any atom is 0.333 e. The van der Waals surface area contributed by atoms with E-state index in [9.17, 15) is 17.6 Å². The predicted molar refractivity (Wildman–Crippen MR) is 104 cm³/mol. The number of rotatable bonds is 5. The Morgan fingerprint density at radius 3 is 2.74 bits per heavy atom. The molecule has 1 saturated heterocycles. The third kappa shape index (κ3) is 3.58. The van der Waals surface area contributed by atoms with Crippen LogP contribution in [-0.4, -0.2) is 54.4 Å². The van der Waals surface area contributed by atoms with Gasteiger partial charge in [0.15, 0.2) is 5.65 Å². The number of anilines is 1. The van der Waals surface area contributed by atoms with E-state index in [-0.39, 0.29) is 13.1 Å². The Labute approximate surface area is 172 Å². The van der Waals surface area contributed by atoms with Gasteiger partial charge in [0, 0.05) is 18.3 Å². The van der Waals surface area contributed by atoms with Gasteiger partial charge >= 0.3 is 6.55 Å². The predicted octanol–water partition coefficient (Wildman–Crippen LogP) is 3.07. The summed E-state index contributed by atoms with van der Waals surface area (Å²) in [6, 6.07) is 7.30. The minimum Gasteiger partial charge on any atom is -0.360 e. The molecule has 4 aromatic heterocycles. The average Bonchev–Trinajstić information content (AvgIpc) is 3.46. The van der Waals surface area contributed by atoms with E-state index in [1.54, 1.807) is 36.5 Å². The van der Waals surface area contributed by atoms with Gasteiger partial charge in [-0.15, -0.1) is 0 Å². The highest BCUT2D eigenvalue weighted by molar-refractivity contribution is 5.64. The van der Waals surface area contributed by atoms with Crippen LogP contribution in [-0.2, 0) is 0 Å². The zero-order valence-electron chi connectivity index (χ0n) is 15.9. The third-order valence-electron chi connectivity index (χ3n) is 5.01. The van der Waals surface area contributed by atoms with Gasteiger partial charge in [0.05, 0.1) is 30.3 Å². The first kappa shape index (κ1) is 19.4. The van der Waals surface area contributed by atoms with Crippen molar-refractivity contribution in [2.24, 2.45) is 0 Å². The molecule has 31 heavy (non-hydrogen) atoms. The molecule has 0 radical (unpaired) electrons. The molecule has 0 spiro atoms. The highest BCUT2D eigenvalue weighted by Gasteiger charge is 2.44. The maximum absolute atomic E-state index is 13.9. The molecule has 0 bridgehead atoms. The monoisotopic (exact) mass is 432 g/mol. The van der Waals surface area contributed by atoms with Crippen molar-refractivity contribution in [3.05, 3.63) is 48.9 Å². The fraction of sp³-hybridized carbons (Fsp3) is 0.263. The first-order valence-corrected chi connectivity index (χ1v) is 9.41. The molecular formula is C19H16F4N8. The standard InChI is InChI=1S/C19H16F4N8/c20-18(21)30-9-11(6-26-30)12-4-5-17-25-7-14(31(17)29-12)13-2-1-3-16(27-13)28-15-8-24-10-19(15,22)23/h1-7,9,15,18,24H,8,10H2,(H,27,28). The summed E-state index contributed by atoms with van der Waals surface area (Å²) in [6.07, 6.45) is 4.07. The SMILES string of the molecule is FC(F)n1cc(-c2ccc3ncc(-c4cccc(NC5CNCC5(F)F)n4)n3n2)cn1. The molecule has 8 nitrogen and oxygen atoms in total. The molecule has 0 aromatic carbocycles.